The van der Waals surface area contributed by atoms with Gasteiger partial charge in [0.25, 0.3) is 0 Å². The number of hydrogen-bond donors (Lipinski definition) is 0. The Balaban J connectivity index is 1.84. The number of thioether (sulfide) groups is 1. The second kappa shape index (κ2) is 5.18. The first-order valence-corrected chi connectivity index (χ1v) is 7.42. The molecule has 1 aliphatic rings. The molecule has 0 radical (unpaired) electrons. The fourth-order valence-electron chi connectivity index (χ4n) is 2.34. The number of pyridine rings is 1. The van der Waals surface area contributed by atoms with Crippen LogP contribution in [0.1, 0.15) is 25.1 Å². The van der Waals surface area contributed by atoms with Crippen LogP contribution >= 0.6 is 11.8 Å². The van der Waals surface area contributed by atoms with Crippen LogP contribution in [0.4, 0.5) is 0 Å². The van der Waals surface area contributed by atoms with Crippen molar-refractivity contribution in [1.29, 1.82) is 0 Å². The van der Waals surface area contributed by atoms with Crippen molar-refractivity contribution >= 4 is 17.4 Å². The summed E-state index contributed by atoms with van der Waals surface area (Å²) in [6, 6.07) is 5.82. The van der Waals surface area contributed by atoms with Crippen LogP contribution in [0.25, 0.3) is 5.65 Å². The van der Waals surface area contributed by atoms with Gasteiger partial charge in [-0.15, -0.1) is 5.10 Å². The molecule has 96 valence electrons. The third-order valence-electron chi connectivity index (χ3n) is 3.26. The summed E-state index contributed by atoms with van der Waals surface area (Å²) in [5.74, 6) is 2.95. The average molecular weight is 263 g/mol. The number of hydrogen-bond acceptors (Lipinski definition) is 4. The van der Waals surface area contributed by atoms with Crippen LogP contribution in [0.2, 0.25) is 0 Å². The van der Waals surface area contributed by atoms with Crippen LogP contribution in [0.15, 0.2) is 18.2 Å². The first kappa shape index (κ1) is 11.8. The predicted octanol–water partition coefficient (Wildman–Crippen LogP) is 2.57. The third-order valence-corrected chi connectivity index (χ3v) is 4.66. The maximum Gasteiger partial charge on any atom is 0.216 e. The van der Waals surface area contributed by atoms with Gasteiger partial charge in [0.15, 0.2) is 11.5 Å². The van der Waals surface area contributed by atoms with Crippen LogP contribution in [-0.2, 0) is 6.42 Å². The largest absolute Gasteiger partial charge is 0.481 e. The van der Waals surface area contributed by atoms with Gasteiger partial charge in [0.1, 0.15) is 0 Å². The van der Waals surface area contributed by atoms with Gasteiger partial charge >= 0.3 is 0 Å². The van der Waals surface area contributed by atoms with E-state index >= 15 is 0 Å². The molecule has 2 aromatic rings. The van der Waals surface area contributed by atoms with E-state index in [-0.39, 0.29) is 0 Å². The number of rotatable bonds is 3. The second-order valence-corrected chi connectivity index (χ2v) is 5.97. The van der Waals surface area contributed by atoms with E-state index in [1.54, 1.807) is 11.6 Å². The first-order valence-electron chi connectivity index (χ1n) is 6.37. The molecule has 1 saturated heterocycles. The van der Waals surface area contributed by atoms with E-state index in [9.17, 15) is 0 Å². The smallest absolute Gasteiger partial charge is 0.216 e. The summed E-state index contributed by atoms with van der Waals surface area (Å²) >= 11 is 2.06. The SMILES string of the molecule is COc1cccc2nc(CC3CCCCS3)nn12. The summed E-state index contributed by atoms with van der Waals surface area (Å²) in [6.07, 6.45) is 4.95. The molecule has 3 heterocycles. The van der Waals surface area contributed by atoms with Crippen molar-refractivity contribution in [3.8, 4) is 5.88 Å². The van der Waals surface area contributed by atoms with E-state index in [0.717, 1.165) is 23.8 Å². The summed E-state index contributed by atoms with van der Waals surface area (Å²) < 4.78 is 7.07. The van der Waals surface area contributed by atoms with Crippen molar-refractivity contribution in [3.05, 3.63) is 24.0 Å². The number of aromatic nitrogens is 3. The molecule has 0 amide bonds. The summed E-state index contributed by atoms with van der Waals surface area (Å²) in [6.45, 7) is 0. The van der Waals surface area contributed by atoms with Gasteiger partial charge in [-0.3, -0.25) is 0 Å². The van der Waals surface area contributed by atoms with Crippen LogP contribution in [0, 0.1) is 0 Å². The van der Waals surface area contributed by atoms with Crippen molar-refractivity contribution in [2.24, 2.45) is 0 Å². The lowest BCUT2D eigenvalue weighted by molar-refractivity contribution is 0.385. The van der Waals surface area contributed by atoms with Gasteiger partial charge in [-0.25, -0.2) is 4.98 Å². The van der Waals surface area contributed by atoms with E-state index in [2.05, 4.69) is 21.8 Å². The van der Waals surface area contributed by atoms with E-state index in [1.165, 1.54) is 25.0 Å². The highest BCUT2D eigenvalue weighted by molar-refractivity contribution is 7.99. The molecule has 5 heteroatoms. The molecular weight excluding hydrogens is 246 g/mol. The predicted molar refractivity (Wildman–Crippen MR) is 73.3 cm³/mol. The minimum atomic E-state index is 0.683. The maximum absolute atomic E-state index is 5.29. The Morgan fingerprint density at radius 2 is 2.39 bits per heavy atom. The average Bonchev–Trinajstić information content (AvgIpc) is 2.82. The number of nitrogens with zero attached hydrogens (tertiary/aromatic N) is 3. The highest BCUT2D eigenvalue weighted by atomic mass is 32.2. The monoisotopic (exact) mass is 263 g/mol. The molecule has 0 bridgehead atoms. The molecule has 3 rings (SSSR count). The Bertz CT molecular complexity index is 534. The Morgan fingerprint density at radius 3 is 3.17 bits per heavy atom. The van der Waals surface area contributed by atoms with Crippen molar-refractivity contribution in [2.75, 3.05) is 12.9 Å². The van der Waals surface area contributed by atoms with E-state index < -0.39 is 0 Å². The van der Waals surface area contributed by atoms with Crippen molar-refractivity contribution in [2.45, 2.75) is 30.9 Å². The molecule has 18 heavy (non-hydrogen) atoms. The lowest BCUT2D eigenvalue weighted by atomic mass is 10.1. The quantitative estimate of drug-likeness (QED) is 0.853. The molecule has 0 aromatic carbocycles. The molecule has 0 aliphatic carbocycles. The Hall–Kier alpha value is -1.23. The Labute approximate surface area is 111 Å². The normalized spacial score (nSPS) is 20.2. The molecule has 1 atom stereocenters. The van der Waals surface area contributed by atoms with Crippen molar-refractivity contribution in [3.63, 3.8) is 0 Å². The van der Waals surface area contributed by atoms with Crippen molar-refractivity contribution < 1.29 is 4.74 Å². The van der Waals surface area contributed by atoms with E-state index in [0.29, 0.717) is 5.25 Å². The van der Waals surface area contributed by atoms with Gasteiger partial charge in [0.05, 0.1) is 7.11 Å². The standard InChI is InChI=1S/C13H17N3OS/c1-17-13-7-4-6-12-14-11(15-16(12)13)9-10-5-2-3-8-18-10/h4,6-7,10H,2-3,5,8-9H2,1H3. The zero-order valence-corrected chi connectivity index (χ0v) is 11.3. The van der Waals surface area contributed by atoms with Crippen LogP contribution < -0.4 is 4.74 Å². The highest BCUT2D eigenvalue weighted by Gasteiger charge is 2.17. The molecule has 1 aliphatic heterocycles. The fraction of sp³-hybridized carbons (Fsp3) is 0.538. The van der Waals surface area contributed by atoms with Crippen LogP contribution in [-0.4, -0.2) is 32.7 Å². The number of fused-ring (bicyclic) bond motifs is 1. The van der Waals surface area contributed by atoms with Gasteiger partial charge in [-0.05, 0) is 24.7 Å². The highest BCUT2D eigenvalue weighted by Crippen LogP contribution is 2.27. The van der Waals surface area contributed by atoms with Gasteiger partial charge in [0, 0.05) is 17.7 Å². The minimum Gasteiger partial charge on any atom is -0.481 e. The molecule has 1 fully saturated rings. The van der Waals surface area contributed by atoms with Crippen LogP contribution in [0.3, 0.4) is 0 Å². The van der Waals surface area contributed by atoms with Gasteiger partial charge in [-0.2, -0.15) is 16.3 Å². The number of ether oxygens (including phenoxy) is 1. The molecule has 1 unspecified atom stereocenters. The molecule has 2 aromatic heterocycles. The molecule has 0 spiro atoms. The van der Waals surface area contributed by atoms with Gasteiger partial charge in [0.2, 0.25) is 5.88 Å². The maximum atomic E-state index is 5.29. The Morgan fingerprint density at radius 1 is 1.44 bits per heavy atom. The Kier molecular flexibility index (Phi) is 3.41. The summed E-state index contributed by atoms with van der Waals surface area (Å²) in [5.41, 5.74) is 0.866. The third kappa shape index (κ3) is 2.32. The van der Waals surface area contributed by atoms with E-state index in [1.807, 2.05) is 18.2 Å². The lowest BCUT2D eigenvalue weighted by Gasteiger charge is -2.19. The van der Waals surface area contributed by atoms with Crippen molar-refractivity contribution in [1.82, 2.24) is 14.6 Å². The minimum absolute atomic E-state index is 0.683. The lowest BCUT2D eigenvalue weighted by Crippen LogP contribution is -2.13. The molecule has 0 saturated carbocycles. The molecule has 4 nitrogen and oxygen atoms in total. The zero-order valence-electron chi connectivity index (χ0n) is 10.5. The molecule has 0 N–H and O–H groups in total. The van der Waals surface area contributed by atoms with Gasteiger partial charge in [-0.1, -0.05) is 12.5 Å². The zero-order chi connectivity index (χ0) is 12.4. The van der Waals surface area contributed by atoms with Crippen LogP contribution in [0.5, 0.6) is 5.88 Å². The number of methoxy groups -OCH3 is 1. The molecular formula is C13H17N3OS. The fourth-order valence-corrected chi connectivity index (χ4v) is 3.64. The first-order chi connectivity index (χ1) is 8.86. The summed E-state index contributed by atoms with van der Waals surface area (Å²) in [7, 11) is 1.66. The summed E-state index contributed by atoms with van der Waals surface area (Å²) in [5, 5.41) is 5.23. The van der Waals surface area contributed by atoms with Gasteiger partial charge < -0.3 is 4.74 Å². The second-order valence-electron chi connectivity index (χ2n) is 4.56. The topological polar surface area (TPSA) is 39.4 Å². The van der Waals surface area contributed by atoms with E-state index in [4.69, 9.17) is 4.74 Å². The summed E-state index contributed by atoms with van der Waals surface area (Å²) in [4.78, 5) is 4.57.